The Morgan fingerprint density at radius 1 is 1.33 bits per heavy atom. The van der Waals surface area contributed by atoms with Gasteiger partial charge in [0.2, 0.25) is 11.8 Å². The number of likely N-dealkylation sites (N-methyl/N-ethyl adjacent to an activating group) is 1. The number of carbonyl (C=O) groups excluding carboxylic acids is 3. The number of fused-ring (bicyclic) bond motifs is 1. The Hall–Kier alpha value is -2.17. The van der Waals surface area contributed by atoms with Crippen molar-refractivity contribution in [1.82, 2.24) is 10.2 Å². The third-order valence-corrected chi connectivity index (χ3v) is 4.36. The predicted octanol–water partition coefficient (Wildman–Crippen LogP) is 0.854. The van der Waals surface area contributed by atoms with Gasteiger partial charge in [-0.15, -0.1) is 0 Å². The molecule has 1 N–H and O–H groups in total. The minimum Gasteiger partial charge on any atom is -0.355 e. The first-order valence-corrected chi connectivity index (χ1v) is 7.25. The zero-order chi connectivity index (χ0) is 15.0. The van der Waals surface area contributed by atoms with Gasteiger partial charge in [0, 0.05) is 18.7 Å². The van der Waals surface area contributed by atoms with Gasteiger partial charge in [-0.25, -0.2) is 0 Å². The lowest BCUT2D eigenvalue weighted by atomic mass is 9.93. The first-order chi connectivity index (χ1) is 10.1. The Bertz CT molecular complexity index is 599. The normalized spacial score (nSPS) is 26.4. The van der Waals surface area contributed by atoms with Gasteiger partial charge in [-0.05, 0) is 19.3 Å². The van der Waals surface area contributed by atoms with Crippen LogP contribution in [0.5, 0.6) is 0 Å². The molecule has 2 aliphatic rings. The molecular formula is C16H18N2O3. The van der Waals surface area contributed by atoms with Crippen LogP contribution >= 0.6 is 0 Å². The van der Waals surface area contributed by atoms with Crippen molar-refractivity contribution in [3.63, 3.8) is 0 Å². The second-order valence-corrected chi connectivity index (χ2v) is 5.71. The number of rotatable bonds is 5. The highest BCUT2D eigenvalue weighted by molar-refractivity contribution is 6.18. The summed E-state index contributed by atoms with van der Waals surface area (Å²) >= 11 is 0. The standard InChI is InChI=1S/C16H18N2O3/c1-2-17-13(19)10-18-9-12-8-16(12,15(18)21)14(20)11-6-4-3-5-7-11/h3-7,12H,2,8-10H2,1H3,(H,17,19). The maximum Gasteiger partial charge on any atom is 0.239 e. The summed E-state index contributed by atoms with van der Waals surface area (Å²) in [5, 5.41) is 2.68. The molecule has 110 valence electrons. The Morgan fingerprint density at radius 3 is 2.71 bits per heavy atom. The van der Waals surface area contributed by atoms with Gasteiger partial charge in [-0.1, -0.05) is 30.3 Å². The molecule has 1 aliphatic heterocycles. The number of likely N-dealkylation sites (tertiary alicyclic amines) is 1. The molecule has 2 atom stereocenters. The summed E-state index contributed by atoms with van der Waals surface area (Å²) < 4.78 is 0. The molecule has 1 aromatic carbocycles. The van der Waals surface area contributed by atoms with Crippen LogP contribution in [0.4, 0.5) is 0 Å². The minimum atomic E-state index is -0.895. The van der Waals surface area contributed by atoms with Gasteiger partial charge < -0.3 is 10.2 Å². The van der Waals surface area contributed by atoms with E-state index in [4.69, 9.17) is 0 Å². The van der Waals surface area contributed by atoms with Gasteiger partial charge in [0.05, 0.1) is 6.54 Å². The molecule has 5 heteroatoms. The molecule has 1 saturated heterocycles. The summed E-state index contributed by atoms with van der Waals surface area (Å²) in [5.74, 6) is -0.398. The molecule has 3 rings (SSSR count). The maximum atomic E-state index is 12.6. The monoisotopic (exact) mass is 286 g/mol. The zero-order valence-corrected chi connectivity index (χ0v) is 12.0. The third kappa shape index (κ3) is 2.13. The van der Waals surface area contributed by atoms with Crippen LogP contribution in [0.1, 0.15) is 23.7 Å². The summed E-state index contributed by atoms with van der Waals surface area (Å²) in [6, 6.07) is 8.93. The molecule has 5 nitrogen and oxygen atoms in total. The molecule has 1 aromatic rings. The second-order valence-electron chi connectivity index (χ2n) is 5.71. The Balaban J connectivity index is 1.75. The summed E-state index contributed by atoms with van der Waals surface area (Å²) in [4.78, 5) is 38.3. The summed E-state index contributed by atoms with van der Waals surface area (Å²) in [5.41, 5.74) is -0.318. The van der Waals surface area contributed by atoms with E-state index in [1.807, 2.05) is 13.0 Å². The molecular weight excluding hydrogens is 268 g/mol. The number of hydrogen-bond donors (Lipinski definition) is 1. The SMILES string of the molecule is CCNC(=O)CN1CC2CC2(C(=O)c2ccccc2)C1=O. The maximum absolute atomic E-state index is 12.6. The number of ketones is 1. The van der Waals surface area contributed by atoms with E-state index >= 15 is 0 Å². The number of hydrogen-bond acceptors (Lipinski definition) is 3. The van der Waals surface area contributed by atoms with Crippen molar-refractivity contribution >= 4 is 17.6 Å². The van der Waals surface area contributed by atoms with Crippen LogP contribution in [0, 0.1) is 11.3 Å². The highest BCUT2D eigenvalue weighted by atomic mass is 16.2. The molecule has 2 amide bonds. The topological polar surface area (TPSA) is 66.5 Å². The first-order valence-electron chi connectivity index (χ1n) is 7.25. The summed E-state index contributed by atoms with van der Waals surface area (Å²) in [7, 11) is 0. The average molecular weight is 286 g/mol. The Labute approximate surface area is 123 Å². The van der Waals surface area contributed by atoms with Crippen molar-refractivity contribution in [2.45, 2.75) is 13.3 Å². The predicted molar refractivity (Wildman–Crippen MR) is 76.6 cm³/mol. The smallest absolute Gasteiger partial charge is 0.239 e. The second kappa shape index (κ2) is 4.98. The van der Waals surface area contributed by atoms with E-state index in [0.717, 1.165) is 0 Å². The van der Waals surface area contributed by atoms with E-state index in [1.54, 1.807) is 24.3 Å². The third-order valence-electron chi connectivity index (χ3n) is 4.36. The van der Waals surface area contributed by atoms with Crippen LogP contribution in [-0.4, -0.2) is 42.1 Å². The fourth-order valence-corrected chi connectivity index (χ4v) is 3.23. The van der Waals surface area contributed by atoms with Crippen LogP contribution < -0.4 is 5.32 Å². The lowest BCUT2D eigenvalue weighted by Crippen LogP contribution is -2.42. The molecule has 0 spiro atoms. The summed E-state index contributed by atoms with van der Waals surface area (Å²) in [6.07, 6.45) is 0.617. The lowest BCUT2D eigenvalue weighted by Gasteiger charge is -2.19. The molecule has 1 heterocycles. The molecule has 1 saturated carbocycles. The fourth-order valence-electron chi connectivity index (χ4n) is 3.23. The van der Waals surface area contributed by atoms with E-state index in [9.17, 15) is 14.4 Å². The first kappa shape index (κ1) is 13.8. The van der Waals surface area contributed by atoms with Crippen LogP contribution in [-0.2, 0) is 9.59 Å². The van der Waals surface area contributed by atoms with Crippen molar-refractivity contribution in [2.24, 2.45) is 11.3 Å². The zero-order valence-electron chi connectivity index (χ0n) is 12.0. The van der Waals surface area contributed by atoms with Crippen molar-refractivity contribution in [3.8, 4) is 0 Å². The minimum absolute atomic E-state index is 0.0486. The van der Waals surface area contributed by atoms with Gasteiger partial charge in [0.15, 0.2) is 5.78 Å². The lowest BCUT2D eigenvalue weighted by molar-refractivity contribution is -0.136. The van der Waals surface area contributed by atoms with E-state index in [1.165, 1.54) is 4.90 Å². The molecule has 1 aliphatic carbocycles. The van der Waals surface area contributed by atoms with Crippen molar-refractivity contribution in [2.75, 3.05) is 19.6 Å². The van der Waals surface area contributed by atoms with Gasteiger partial charge in [-0.3, -0.25) is 14.4 Å². The van der Waals surface area contributed by atoms with Crippen molar-refractivity contribution in [1.29, 1.82) is 0 Å². The van der Waals surface area contributed by atoms with Gasteiger partial charge in [0.1, 0.15) is 5.41 Å². The largest absolute Gasteiger partial charge is 0.355 e. The fraction of sp³-hybridized carbons (Fsp3) is 0.438. The highest BCUT2D eigenvalue weighted by Crippen LogP contribution is 2.60. The highest BCUT2D eigenvalue weighted by Gasteiger charge is 2.70. The average Bonchev–Trinajstić information content (AvgIpc) is 3.15. The molecule has 2 unspecified atom stereocenters. The van der Waals surface area contributed by atoms with Gasteiger partial charge in [0.25, 0.3) is 0 Å². The molecule has 0 bridgehead atoms. The van der Waals surface area contributed by atoms with Crippen LogP contribution in [0.15, 0.2) is 30.3 Å². The van der Waals surface area contributed by atoms with E-state index in [-0.39, 0.29) is 30.1 Å². The van der Waals surface area contributed by atoms with Crippen molar-refractivity contribution < 1.29 is 14.4 Å². The Morgan fingerprint density at radius 2 is 2.05 bits per heavy atom. The van der Waals surface area contributed by atoms with Crippen LogP contribution in [0.2, 0.25) is 0 Å². The number of carbonyl (C=O) groups is 3. The van der Waals surface area contributed by atoms with E-state index in [0.29, 0.717) is 25.1 Å². The number of nitrogens with zero attached hydrogens (tertiary/aromatic N) is 1. The van der Waals surface area contributed by atoms with E-state index < -0.39 is 5.41 Å². The number of amides is 2. The molecule has 2 fully saturated rings. The number of piperidine rings is 1. The number of benzene rings is 1. The van der Waals surface area contributed by atoms with Gasteiger partial charge >= 0.3 is 0 Å². The van der Waals surface area contributed by atoms with Crippen LogP contribution in [0.25, 0.3) is 0 Å². The number of nitrogens with one attached hydrogen (secondary N) is 1. The van der Waals surface area contributed by atoms with Crippen molar-refractivity contribution in [3.05, 3.63) is 35.9 Å². The van der Waals surface area contributed by atoms with Crippen LogP contribution in [0.3, 0.4) is 0 Å². The van der Waals surface area contributed by atoms with E-state index in [2.05, 4.69) is 5.32 Å². The Kier molecular flexibility index (Phi) is 3.27. The molecule has 0 aromatic heterocycles. The van der Waals surface area contributed by atoms with Gasteiger partial charge in [-0.2, -0.15) is 0 Å². The number of Topliss-reactive ketones (excluding diaryl/α,β-unsaturated/α-hetero) is 1. The summed E-state index contributed by atoms with van der Waals surface area (Å²) in [6.45, 7) is 2.93. The molecule has 21 heavy (non-hydrogen) atoms. The quantitative estimate of drug-likeness (QED) is 0.645. The molecule has 0 radical (unpaired) electrons.